The van der Waals surface area contributed by atoms with Gasteiger partial charge >= 0.3 is 23.9 Å². The molecule has 0 bridgehead atoms. The molecule has 0 aliphatic heterocycles. The van der Waals surface area contributed by atoms with Crippen molar-refractivity contribution < 1.29 is 39.6 Å². The van der Waals surface area contributed by atoms with E-state index < -0.39 is 29.8 Å². The highest BCUT2D eigenvalue weighted by molar-refractivity contribution is 6.02. The molecule has 0 saturated carbocycles. The zero-order chi connectivity index (χ0) is 18.4. The molecule has 0 heterocycles. The van der Waals surface area contributed by atoms with Crippen molar-refractivity contribution in [3.63, 3.8) is 0 Å². The number of carbonyl (C=O) groups is 4. The highest BCUT2D eigenvalue weighted by Crippen LogP contribution is 2.35. The van der Waals surface area contributed by atoms with Crippen molar-refractivity contribution in [3.8, 4) is 0 Å². The molecule has 0 aromatic heterocycles. The molecule has 1 aliphatic carbocycles. The van der Waals surface area contributed by atoms with Crippen LogP contribution in [0.4, 0.5) is 0 Å². The molecule has 0 radical (unpaired) electrons. The number of aliphatic carboxylic acids is 4. The van der Waals surface area contributed by atoms with Crippen molar-refractivity contribution in [2.45, 2.75) is 45.4 Å². The standard InChI is InChI=1S/C16H20O8/c1-2-3-4-8-7-11(15(21)22)9(13(17)18)5-6-10(14(19)20)12(8)16(23)24/h8H,2-7H2,1H3,(H,17,18)(H,19,20)(H,21,22)(H,23,24). The third-order valence-electron chi connectivity index (χ3n) is 4.08. The second-order valence-electron chi connectivity index (χ2n) is 5.61. The van der Waals surface area contributed by atoms with Crippen LogP contribution in [0.1, 0.15) is 45.4 Å². The van der Waals surface area contributed by atoms with Crippen LogP contribution < -0.4 is 0 Å². The van der Waals surface area contributed by atoms with Crippen LogP contribution in [0, 0.1) is 5.92 Å². The average molecular weight is 340 g/mol. The van der Waals surface area contributed by atoms with Crippen LogP contribution in [0.25, 0.3) is 0 Å². The third-order valence-corrected chi connectivity index (χ3v) is 4.08. The second kappa shape index (κ2) is 8.28. The molecule has 1 aliphatic rings. The largest absolute Gasteiger partial charge is 0.478 e. The van der Waals surface area contributed by atoms with Gasteiger partial charge in [0.25, 0.3) is 0 Å². The highest BCUT2D eigenvalue weighted by atomic mass is 16.4. The molecule has 8 heteroatoms. The fraction of sp³-hybridized carbons (Fsp3) is 0.500. The van der Waals surface area contributed by atoms with Crippen LogP contribution in [0.3, 0.4) is 0 Å². The highest BCUT2D eigenvalue weighted by Gasteiger charge is 2.34. The third kappa shape index (κ3) is 4.43. The van der Waals surface area contributed by atoms with E-state index in [9.17, 15) is 39.6 Å². The van der Waals surface area contributed by atoms with Gasteiger partial charge in [-0.1, -0.05) is 19.8 Å². The zero-order valence-electron chi connectivity index (χ0n) is 13.2. The van der Waals surface area contributed by atoms with E-state index >= 15 is 0 Å². The summed E-state index contributed by atoms with van der Waals surface area (Å²) in [6, 6.07) is 0. The molecule has 0 fully saturated rings. The molecule has 24 heavy (non-hydrogen) atoms. The molecule has 1 rings (SSSR count). The van der Waals surface area contributed by atoms with Gasteiger partial charge in [0.1, 0.15) is 0 Å². The van der Waals surface area contributed by atoms with Crippen molar-refractivity contribution in [3.05, 3.63) is 22.3 Å². The molecule has 1 unspecified atom stereocenters. The summed E-state index contributed by atoms with van der Waals surface area (Å²) in [4.78, 5) is 45.8. The normalized spacial score (nSPS) is 18.8. The van der Waals surface area contributed by atoms with E-state index in [2.05, 4.69) is 0 Å². The van der Waals surface area contributed by atoms with E-state index in [1.54, 1.807) is 0 Å². The van der Waals surface area contributed by atoms with Crippen molar-refractivity contribution in [1.29, 1.82) is 0 Å². The predicted octanol–water partition coefficient (Wildman–Crippen LogP) is 1.91. The van der Waals surface area contributed by atoms with Crippen LogP contribution in [-0.4, -0.2) is 44.3 Å². The van der Waals surface area contributed by atoms with Gasteiger partial charge in [-0.2, -0.15) is 0 Å². The summed E-state index contributed by atoms with van der Waals surface area (Å²) < 4.78 is 0. The molecule has 4 N–H and O–H groups in total. The molecular weight excluding hydrogens is 320 g/mol. The minimum atomic E-state index is -1.43. The Hall–Kier alpha value is -2.64. The quantitative estimate of drug-likeness (QED) is 0.549. The van der Waals surface area contributed by atoms with Gasteiger partial charge < -0.3 is 20.4 Å². The Bertz CT molecular complexity index is 626. The fourth-order valence-corrected chi connectivity index (χ4v) is 2.93. The maximum Gasteiger partial charge on any atom is 0.332 e. The van der Waals surface area contributed by atoms with Crippen molar-refractivity contribution >= 4 is 23.9 Å². The van der Waals surface area contributed by atoms with Crippen LogP contribution in [0.5, 0.6) is 0 Å². The molecule has 0 amide bonds. The molecule has 0 spiro atoms. The lowest BCUT2D eigenvalue weighted by atomic mass is 9.79. The SMILES string of the molecule is CCCCC1CC(C(=O)O)=C(C(=O)O)CCC(C(=O)O)=C1C(=O)O. The lowest BCUT2D eigenvalue weighted by molar-refractivity contribution is -0.137. The number of carboxylic acids is 4. The van der Waals surface area contributed by atoms with Gasteiger partial charge in [-0.05, 0) is 31.6 Å². The van der Waals surface area contributed by atoms with Gasteiger partial charge in [0, 0.05) is 16.7 Å². The second-order valence-corrected chi connectivity index (χ2v) is 5.61. The smallest absolute Gasteiger partial charge is 0.332 e. The number of hydrogen-bond acceptors (Lipinski definition) is 4. The van der Waals surface area contributed by atoms with Gasteiger partial charge in [-0.15, -0.1) is 0 Å². The van der Waals surface area contributed by atoms with E-state index in [1.165, 1.54) is 0 Å². The van der Waals surface area contributed by atoms with Crippen molar-refractivity contribution in [2.75, 3.05) is 0 Å². The molecule has 0 saturated heterocycles. The Morgan fingerprint density at radius 2 is 1.33 bits per heavy atom. The first-order valence-electron chi connectivity index (χ1n) is 7.58. The lowest BCUT2D eigenvalue weighted by Crippen LogP contribution is -2.25. The van der Waals surface area contributed by atoms with Crippen molar-refractivity contribution in [2.24, 2.45) is 5.92 Å². The lowest BCUT2D eigenvalue weighted by Gasteiger charge is -2.24. The molecule has 8 nitrogen and oxygen atoms in total. The molecule has 132 valence electrons. The number of rotatable bonds is 7. The summed E-state index contributed by atoms with van der Waals surface area (Å²) in [5.41, 5.74) is -1.40. The minimum Gasteiger partial charge on any atom is -0.478 e. The van der Waals surface area contributed by atoms with Gasteiger partial charge in [0.2, 0.25) is 0 Å². The van der Waals surface area contributed by atoms with Crippen molar-refractivity contribution in [1.82, 2.24) is 0 Å². The molecule has 0 aromatic rings. The van der Waals surface area contributed by atoms with Crippen LogP contribution in [0.2, 0.25) is 0 Å². The molecule has 0 aromatic carbocycles. The molecular formula is C16H20O8. The van der Waals surface area contributed by atoms with Gasteiger partial charge in [-0.25, -0.2) is 19.2 Å². The van der Waals surface area contributed by atoms with Crippen LogP contribution in [-0.2, 0) is 19.2 Å². The Morgan fingerprint density at radius 1 is 0.833 bits per heavy atom. The Balaban J connectivity index is 3.50. The molecule has 1 atom stereocenters. The first-order valence-corrected chi connectivity index (χ1v) is 7.58. The van der Waals surface area contributed by atoms with E-state index in [-0.39, 0.29) is 48.0 Å². The number of hydrogen-bond donors (Lipinski definition) is 4. The van der Waals surface area contributed by atoms with Gasteiger partial charge in [0.15, 0.2) is 0 Å². The van der Waals surface area contributed by atoms with Gasteiger partial charge in [-0.3, -0.25) is 0 Å². The summed E-state index contributed by atoms with van der Waals surface area (Å²) in [6.07, 6.45) is 0.579. The number of unbranched alkanes of at least 4 members (excludes halogenated alkanes) is 1. The first kappa shape index (κ1) is 19.4. The van der Waals surface area contributed by atoms with Crippen LogP contribution >= 0.6 is 0 Å². The summed E-state index contributed by atoms with van der Waals surface area (Å²) in [5.74, 6) is -6.52. The van der Waals surface area contributed by atoms with E-state index in [0.29, 0.717) is 12.8 Å². The van der Waals surface area contributed by atoms with Crippen LogP contribution in [0.15, 0.2) is 22.3 Å². The van der Waals surface area contributed by atoms with E-state index in [4.69, 9.17) is 0 Å². The summed E-state index contributed by atoms with van der Waals surface area (Å²) >= 11 is 0. The average Bonchev–Trinajstić information content (AvgIpc) is 2.44. The first-order chi connectivity index (χ1) is 11.2. The topological polar surface area (TPSA) is 149 Å². The van der Waals surface area contributed by atoms with Gasteiger partial charge in [0.05, 0.1) is 5.57 Å². The Kier molecular flexibility index (Phi) is 6.69. The zero-order valence-corrected chi connectivity index (χ0v) is 13.2. The Labute approximate surface area is 138 Å². The van der Waals surface area contributed by atoms with E-state index in [1.807, 2.05) is 6.92 Å². The number of carboxylic acid groups (broad SMARTS) is 4. The predicted molar refractivity (Wildman–Crippen MR) is 81.5 cm³/mol. The fourth-order valence-electron chi connectivity index (χ4n) is 2.93. The monoisotopic (exact) mass is 340 g/mol. The summed E-state index contributed by atoms with van der Waals surface area (Å²) in [6.45, 7) is 1.86. The Morgan fingerprint density at radius 3 is 1.75 bits per heavy atom. The summed E-state index contributed by atoms with van der Waals surface area (Å²) in [7, 11) is 0. The summed E-state index contributed by atoms with van der Waals surface area (Å²) in [5, 5.41) is 37.3. The minimum absolute atomic E-state index is 0.276. The maximum atomic E-state index is 11.6. The maximum absolute atomic E-state index is 11.6. The van der Waals surface area contributed by atoms with E-state index in [0.717, 1.165) is 0 Å².